The maximum absolute atomic E-state index is 11.7. The molecule has 1 aliphatic heterocycles. The number of carbonyl (C=O) groups excluding carboxylic acids is 1. The largest absolute Gasteiger partial charge is 0.490 e. The van der Waals surface area contributed by atoms with Gasteiger partial charge in [-0.25, -0.2) is 0 Å². The number of rotatable bonds is 6. The number of hydrogen-bond donors (Lipinski definition) is 3. The summed E-state index contributed by atoms with van der Waals surface area (Å²) in [5.74, 6) is 2.31. The van der Waals surface area contributed by atoms with Crippen molar-refractivity contribution in [3.05, 3.63) is 18.2 Å². The van der Waals surface area contributed by atoms with Crippen LogP contribution in [-0.4, -0.2) is 44.7 Å². The van der Waals surface area contributed by atoms with Crippen LogP contribution < -0.4 is 25.4 Å². The van der Waals surface area contributed by atoms with Crippen LogP contribution in [0.1, 0.15) is 32.1 Å². The highest BCUT2D eigenvalue weighted by Gasteiger charge is 2.22. The van der Waals surface area contributed by atoms with E-state index >= 15 is 0 Å². The summed E-state index contributed by atoms with van der Waals surface area (Å²) in [6, 6.07) is 6.17. The van der Waals surface area contributed by atoms with Gasteiger partial charge in [-0.05, 0) is 31.4 Å². The Kier molecular flexibility index (Phi) is 8.27. The van der Waals surface area contributed by atoms with E-state index in [2.05, 4.69) is 20.9 Å². The molecular formula is C18H27IN4O3. The Morgan fingerprint density at radius 1 is 1.23 bits per heavy atom. The van der Waals surface area contributed by atoms with Gasteiger partial charge in [0, 0.05) is 44.2 Å². The van der Waals surface area contributed by atoms with Crippen molar-refractivity contribution in [2.45, 2.75) is 38.1 Å². The number of nitrogens with zero attached hydrogens (tertiary/aromatic N) is 1. The minimum atomic E-state index is 0. The lowest BCUT2D eigenvalue weighted by molar-refractivity contribution is -0.121. The molecule has 0 saturated heterocycles. The van der Waals surface area contributed by atoms with E-state index in [1.807, 2.05) is 18.2 Å². The van der Waals surface area contributed by atoms with Gasteiger partial charge in [0.15, 0.2) is 17.5 Å². The number of benzene rings is 1. The zero-order valence-corrected chi connectivity index (χ0v) is 17.4. The summed E-state index contributed by atoms with van der Waals surface area (Å²) in [6.45, 7) is 2.02. The minimum Gasteiger partial charge on any atom is -0.490 e. The van der Waals surface area contributed by atoms with Crippen molar-refractivity contribution >= 4 is 41.5 Å². The average molecular weight is 474 g/mol. The normalized spacial score (nSPS) is 16.1. The molecule has 1 fully saturated rings. The SMILES string of the molecule is CN=C(NCCCC(=O)NC1CC1)Nc1ccc2c(c1)OCCCO2.I. The number of guanidine groups is 1. The molecule has 2 aliphatic rings. The summed E-state index contributed by atoms with van der Waals surface area (Å²) >= 11 is 0. The van der Waals surface area contributed by atoms with Crippen LogP contribution in [0.3, 0.4) is 0 Å². The van der Waals surface area contributed by atoms with Gasteiger partial charge in [0.1, 0.15) is 0 Å². The number of anilines is 1. The second-order valence-electron chi connectivity index (χ2n) is 6.28. The van der Waals surface area contributed by atoms with Crippen LogP contribution in [0.25, 0.3) is 0 Å². The van der Waals surface area contributed by atoms with Crippen molar-refractivity contribution in [2.75, 3.05) is 32.1 Å². The molecule has 0 atom stereocenters. The third-order valence-electron chi connectivity index (χ3n) is 4.05. The zero-order valence-electron chi connectivity index (χ0n) is 15.0. The number of fused-ring (bicyclic) bond motifs is 1. The highest BCUT2D eigenvalue weighted by molar-refractivity contribution is 14.0. The number of aliphatic imine (C=N–C) groups is 1. The highest BCUT2D eigenvalue weighted by Crippen LogP contribution is 2.32. The lowest BCUT2D eigenvalue weighted by Gasteiger charge is -2.14. The average Bonchev–Trinajstić information content (AvgIpc) is 3.44. The van der Waals surface area contributed by atoms with Crippen LogP contribution >= 0.6 is 24.0 Å². The van der Waals surface area contributed by atoms with Gasteiger partial charge in [-0.1, -0.05) is 0 Å². The van der Waals surface area contributed by atoms with Crippen LogP contribution in [0.5, 0.6) is 11.5 Å². The maximum atomic E-state index is 11.7. The Morgan fingerprint density at radius 3 is 2.73 bits per heavy atom. The van der Waals surface area contributed by atoms with E-state index in [0.717, 1.165) is 42.9 Å². The first-order valence-corrected chi connectivity index (χ1v) is 8.91. The Labute approximate surface area is 171 Å². The number of amides is 1. The van der Waals surface area contributed by atoms with Gasteiger partial charge in [-0.3, -0.25) is 9.79 Å². The molecule has 1 aliphatic carbocycles. The summed E-state index contributed by atoms with van der Waals surface area (Å²) < 4.78 is 11.3. The summed E-state index contributed by atoms with van der Waals surface area (Å²) in [7, 11) is 1.72. The van der Waals surface area contributed by atoms with Crippen molar-refractivity contribution in [1.29, 1.82) is 0 Å². The minimum absolute atomic E-state index is 0. The zero-order chi connectivity index (χ0) is 17.5. The van der Waals surface area contributed by atoms with Crippen LogP contribution in [0.4, 0.5) is 5.69 Å². The van der Waals surface area contributed by atoms with Crippen LogP contribution in [0, 0.1) is 0 Å². The first kappa shape index (κ1) is 20.6. The molecule has 1 amide bonds. The summed E-state index contributed by atoms with van der Waals surface area (Å²) in [5, 5.41) is 9.45. The van der Waals surface area contributed by atoms with Gasteiger partial charge >= 0.3 is 0 Å². The molecule has 0 radical (unpaired) electrons. The van der Waals surface area contributed by atoms with E-state index < -0.39 is 0 Å². The third kappa shape index (κ3) is 6.54. The summed E-state index contributed by atoms with van der Waals surface area (Å²) in [4.78, 5) is 15.9. The molecule has 0 aromatic heterocycles. The maximum Gasteiger partial charge on any atom is 0.220 e. The molecule has 0 unspecified atom stereocenters. The number of ether oxygens (including phenoxy) is 2. The van der Waals surface area contributed by atoms with E-state index in [1.165, 1.54) is 0 Å². The lowest BCUT2D eigenvalue weighted by atomic mass is 10.2. The fourth-order valence-electron chi connectivity index (χ4n) is 2.54. The molecule has 0 spiro atoms. The Bertz CT molecular complexity index is 635. The topological polar surface area (TPSA) is 84.0 Å². The van der Waals surface area contributed by atoms with E-state index in [-0.39, 0.29) is 29.9 Å². The smallest absolute Gasteiger partial charge is 0.220 e. The van der Waals surface area contributed by atoms with Gasteiger partial charge < -0.3 is 25.4 Å². The molecule has 3 rings (SSSR count). The third-order valence-corrected chi connectivity index (χ3v) is 4.05. The molecule has 1 saturated carbocycles. The standard InChI is InChI=1S/C18H26N4O3.HI/c1-19-18(20-9-2-4-17(23)21-13-5-6-13)22-14-7-8-15-16(12-14)25-11-3-10-24-15;/h7-8,12-13H,2-6,9-11H2,1H3,(H,21,23)(H2,19,20,22);1H. The van der Waals surface area contributed by atoms with Gasteiger partial charge in [-0.15, -0.1) is 24.0 Å². The Morgan fingerprint density at radius 2 is 2.00 bits per heavy atom. The van der Waals surface area contributed by atoms with Crippen molar-refractivity contribution in [3.63, 3.8) is 0 Å². The molecule has 26 heavy (non-hydrogen) atoms. The number of hydrogen-bond acceptors (Lipinski definition) is 4. The molecular weight excluding hydrogens is 447 g/mol. The molecule has 144 valence electrons. The van der Waals surface area contributed by atoms with Gasteiger partial charge in [0.05, 0.1) is 13.2 Å². The van der Waals surface area contributed by atoms with E-state index in [0.29, 0.717) is 38.2 Å². The van der Waals surface area contributed by atoms with Crippen molar-refractivity contribution in [2.24, 2.45) is 4.99 Å². The number of halogens is 1. The van der Waals surface area contributed by atoms with E-state index in [4.69, 9.17) is 9.47 Å². The number of carbonyl (C=O) groups is 1. The molecule has 1 aromatic carbocycles. The monoisotopic (exact) mass is 474 g/mol. The second-order valence-corrected chi connectivity index (χ2v) is 6.28. The first-order chi connectivity index (χ1) is 12.2. The molecule has 1 aromatic rings. The lowest BCUT2D eigenvalue weighted by Crippen LogP contribution is -2.32. The van der Waals surface area contributed by atoms with Crippen LogP contribution in [0.2, 0.25) is 0 Å². The Hall–Kier alpha value is -1.71. The first-order valence-electron chi connectivity index (χ1n) is 8.91. The van der Waals surface area contributed by atoms with Crippen LogP contribution in [-0.2, 0) is 4.79 Å². The van der Waals surface area contributed by atoms with E-state index in [1.54, 1.807) is 7.05 Å². The highest BCUT2D eigenvalue weighted by atomic mass is 127. The van der Waals surface area contributed by atoms with Crippen molar-refractivity contribution in [1.82, 2.24) is 10.6 Å². The molecule has 7 nitrogen and oxygen atoms in total. The fourth-order valence-corrected chi connectivity index (χ4v) is 2.54. The summed E-state index contributed by atoms with van der Waals surface area (Å²) in [6.07, 6.45) is 4.42. The Balaban J connectivity index is 0.00000243. The molecule has 8 heteroatoms. The van der Waals surface area contributed by atoms with E-state index in [9.17, 15) is 4.79 Å². The van der Waals surface area contributed by atoms with Crippen molar-refractivity contribution in [3.8, 4) is 11.5 Å². The van der Waals surface area contributed by atoms with Gasteiger partial charge in [-0.2, -0.15) is 0 Å². The van der Waals surface area contributed by atoms with Crippen LogP contribution in [0.15, 0.2) is 23.2 Å². The van der Waals surface area contributed by atoms with Gasteiger partial charge in [0.2, 0.25) is 5.91 Å². The quantitative estimate of drug-likeness (QED) is 0.256. The predicted molar refractivity (Wildman–Crippen MR) is 113 cm³/mol. The molecule has 3 N–H and O–H groups in total. The molecule has 1 heterocycles. The van der Waals surface area contributed by atoms with Gasteiger partial charge in [0.25, 0.3) is 0 Å². The summed E-state index contributed by atoms with van der Waals surface area (Å²) in [5.41, 5.74) is 0.879. The number of nitrogens with one attached hydrogen (secondary N) is 3. The fraction of sp³-hybridized carbons (Fsp3) is 0.556. The second kappa shape index (κ2) is 10.4. The van der Waals surface area contributed by atoms with Crippen molar-refractivity contribution < 1.29 is 14.3 Å². The molecule has 0 bridgehead atoms. The predicted octanol–water partition coefficient (Wildman–Crippen LogP) is 2.51.